The summed E-state index contributed by atoms with van der Waals surface area (Å²) in [6, 6.07) is 10.6. The molecule has 0 aliphatic heterocycles. The lowest BCUT2D eigenvalue weighted by Crippen LogP contribution is -2.12. The summed E-state index contributed by atoms with van der Waals surface area (Å²) in [5.41, 5.74) is -0.135. The fourth-order valence-corrected chi connectivity index (χ4v) is 1.88. The number of para-hydroxylation sites is 2. The van der Waals surface area contributed by atoms with E-state index in [0.29, 0.717) is 18.1 Å². The Morgan fingerprint density at radius 3 is 2.33 bits per heavy atom. The highest BCUT2D eigenvalue weighted by Crippen LogP contribution is 2.28. The van der Waals surface area contributed by atoms with Crippen molar-refractivity contribution < 1.29 is 23.4 Å². The predicted octanol–water partition coefficient (Wildman–Crippen LogP) is 3.48. The molecule has 2 rings (SSSR count). The Balaban J connectivity index is 2.07. The van der Waals surface area contributed by atoms with Crippen molar-refractivity contribution >= 4 is 0 Å². The van der Waals surface area contributed by atoms with Crippen molar-refractivity contribution in [3.63, 3.8) is 0 Å². The van der Waals surface area contributed by atoms with E-state index in [1.54, 1.807) is 24.3 Å². The molecule has 0 aromatic heterocycles. The van der Waals surface area contributed by atoms with E-state index in [2.05, 4.69) is 0 Å². The van der Waals surface area contributed by atoms with Gasteiger partial charge in [-0.25, -0.2) is 8.78 Å². The summed E-state index contributed by atoms with van der Waals surface area (Å²) >= 11 is 0. The van der Waals surface area contributed by atoms with Crippen LogP contribution >= 0.6 is 0 Å². The van der Waals surface area contributed by atoms with E-state index in [9.17, 15) is 13.9 Å². The molecule has 3 nitrogen and oxygen atoms in total. The number of aliphatic hydroxyl groups is 1. The molecular formula is C16H16F2O3. The van der Waals surface area contributed by atoms with E-state index in [-0.39, 0.29) is 12.2 Å². The molecule has 1 unspecified atom stereocenters. The molecule has 1 atom stereocenters. The Morgan fingerprint density at radius 1 is 1.00 bits per heavy atom. The van der Waals surface area contributed by atoms with Crippen LogP contribution in [0, 0.1) is 11.6 Å². The van der Waals surface area contributed by atoms with E-state index in [0.717, 1.165) is 6.07 Å². The van der Waals surface area contributed by atoms with Crippen LogP contribution in [0.25, 0.3) is 0 Å². The second-order valence-corrected chi connectivity index (χ2v) is 4.35. The third-order valence-electron chi connectivity index (χ3n) is 2.89. The Bertz CT molecular complexity index is 602. The van der Waals surface area contributed by atoms with Crippen molar-refractivity contribution in [2.75, 3.05) is 13.2 Å². The maximum Gasteiger partial charge on any atom is 0.164 e. The van der Waals surface area contributed by atoms with Crippen LogP contribution in [0.2, 0.25) is 0 Å². The molecule has 0 heterocycles. The molecule has 1 N–H and O–H groups in total. The van der Waals surface area contributed by atoms with Gasteiger partial charge in [0.2, 0.25) is 0 Å². The number of hydrogen-bond acceptors (Lipinski definition) is 3. The quantitative estimate of drug-likeness (QED) is 0.886. The number of benzene rings is 2. The molecule has 0 saturated carbocycles. The first kappa shape index (κ1) is 15.3. The third kappa shape index (κ3) is 3.70. The second-order valence-electron chi connectivity index (χ2n) is 4.35. The lowest BCUT2D eigenvalue weighted by atomic mass is 10.1. The molecule has 21 heavy (non-hydrogen) atoms. The Morgan fingerprint density at radius 2 is 1.67 bits per heavy atom. The van der Waals surface area contributed by atoms with Crippen molar-refractivity contribution in [3.05, 3.63) is 59.7 Å². The van der Waals surface area contributed by atoms with Gasteiger partial charge in [-0.15, -0.1) is 0 Å². The van der Waals surface area contributed by atoms with Gasteiger partial charge in [-0.2, -0.15) is 0 Å². The van der Waals surface area contributed by atoms with Crippen LogP contribution in [0.15, 0.2) is 42.5 Å². The summed E-state index contributed by atoms with van der Waals surface area (Å²) in [7, 11) is 0. The van der Waals surface area contributed by atoms with Crippen molar-refractivity contribution in [1.29, 1.82) is 0 Å². The molecule has 112 valence electrons. The average molecular weight is 294 g/mol. The van der Waals surface area contributed by atoms with Crippen molar-refractivity contribution in [3.8, 4) is 11.5 Å². The van der Waals surface area contributed by atoms with Gasteiger partial charge < -0.3 is 14.6 Å². The van der Waals surface area contributed by atoms with Crippen LogP contribution in [-0.2, 0) is 0 Å². The Kier molecular flexibility index (Phi) is 5.11. The minimum Gasteiger partial charge on any atom is -0.490 e. The van der Waals surface area contributed by atoms with Gasteiger partial charge in [-0.05, 0) is 25.1 Å². The van der Waals surface area contributed by atoms with Crippen molar-refractivity contribution in [2.45, 2.75) is 13.0 Å². The summed E-state index contributed by atoms with van der Waals surface area (Å²) in [5.74, 6) is -1.09. The lowest BCUT2D eigenvalue weighted by Gasteiger charge is -2.15. The third-order valence-corrected chi connectivity index (χ3v) is 2.89. The van der Waals surface area contributed by atoms with Gasteiger partial charge in [0.05, 0.1) is 6.61 Å². The highest BCUT2D eigenvalue weighted by molar-refractivity contribution is 5.39. The fraction of sp³-hybridized carbons (Fsp3) is 0.250. The maximum absolute atomic E-state index is 13.6. The molecule has 0 aliphatic carbocycles. The molecular weight excluding hydrogens is 278 g/mol. The zero-order valence-electron chi connectivity index (χ0n) is 11.6. The molecule has 5 heteroatoms. The highest BCUT2D eigenvalue weighted by Gasteiger charge is 2.17. The van der Waals surface area contributed by atoms with Crippen LogP contribution in [0.4, 0.5) is 8.78 Å². The maximum atomic E-state index is 13.6. The number of aliphatic hydroxyl groups excluding tert-OH is 1. The van der Waals surface area contributed by atoms with E-state index in [1.807, 2.05) is 6.92 Å². The zero-order valence-corrected chi connectivity index (χ0v) is 11.6. The van der Waals surface area contributed by atoms with Crippen LogP contribution in [0.5, 0.6) is 11.5 Å². The average Bonchev–Trinajstić information content (AvgIpc) is 2.49. The summed E-state index contributed by atoms with van der Waals surface area (Å²) in [4.78, 5) is 0. The summed E-state index contributed by atoms with van der Waals surface area (Å²) in [5, 5.41) is 9.94. The van der Waals surface area contributed by atoms with Crippen LogP contribution in [-0.4, -0.2) is 18.3 Å². The largest absolute Gasteiger partial charge is 0.490 e. The molecule has 0 saturated heterocycles. The number of rotatable bonds is 6. The number of hydrogen-bond donors (Lipinski definition) is 1. The van der Waals surface area contributed by atoms with Crippen molar-refractivity contribution in [2.24, 2.45) is 0 Å². The molecule has 0 aliphatic rings. The van der Waals surface area contributed by atoms with Crippen molar-refractivity contribution in [1.82, 2.24) is 0 Å². The Hall–Kier alpha value is -2.14. The molecule has 0 amide bonds. The molecule has 0 radical (unpaired) electrons. The van der Waals surface area contributed by atoms with Gasteiger partial charge in [0, 0.05) is 5.56 Å². The van der Waals surface area contributed by atoms with Crippen LogP contribution < -0.4 is 9.47 Å². The van der Waals surface area contributed by atoms with E-state index >= 15 is 0 Å². The summed E-state index contributed by atoms with van der Waals surface area (Å²) in [6.07, 6.45) is -1.27. The SMILES string of the molecule is CCOc1ccccc1OCC(O)c1cccc(F)c1F. The van der Waals surface area contributed by atoms with Gasteiger partial charge in [-0.3, -0.25) is 0 Å². The lowest BCUT2D eigenvalue weighted by molar-refractivity contribution is 0.102. The second kappa shape index (κ2) is 7.04. The molecule has 0 bridgehead atoms. The fourth-order valence-electron chi connectivity index (χ4n) is 1.88. The Labute approximate surface area is 121 Å². The van der Waals surface area contributed by atoms with Crippen LogP contribution in [0.3, 0.4) is 0 Å². The predicted molar refractivity (Wildman–Crippen MR) is 74.4 cm³/mol. The standard InChI is InChI=1S/C16H16F2O3/c1-2-20-14-8-3-4-9-15(14)21-10-13(19)11-6-5-7-12(17)16(11)18/h3-9,13,19H,2,10H2,1H3. The normalized spacial score (nSPS) is 12.0. The first-order chi connectivity index (χ1) is 10.1. The zero-order chi connectivity index (χ0) is 15.2. The molecule has 0 spiro atoms. The number of halogens is 2. The first-order valence-corrected chi connectivity index (χ1v) is 6.60. The van der Waals surface area contributed by atoms with Gasteiger partial charge in [0.1, 0.15) is 12.7 Å². The van der Waals surface area contributed by atoms with E-state index in [4.69, 9.17) is 9.47 Å². The molecule has 0 fully saturated rings. The monoisotopic (exact) mass is 294 g/mol. The van der Waals surface area contributed by atoms with Gasteiger partial charge in [0.25, 0.3) is 0 Å². The van der Waals surface area contributed by atoms with Gasteiger partial charge in [-0.1, -0.05) is 24.3 Å². The smallest absolute Gasteiger partial charge is 0.164 e. The van der Waals surface area contributed by atoms with E-state index < -0.39 is 17.7 Å². The molecule has 2 aromatic rings. The van der Waals surface area contributed by atoms with Gasteiger partial charge in [0.15, 0.2) is 23.1 Å². The molecule has 2 aromatic carbocycles. The highest BCUT2D eigenvalue weighted by atomic mass is 19.2. The minimum absolute atomic E-state index is 0.135. The van der Waals surface area contributed by atoms with Gasteiger partial charge >= 0.3 is 0 Å². The minimum atomic E-state index is -1.27. The van der Waals surface area contributed by atoms with Crippen LogP contribution in [0.1, 0.15) is 18.6 Å². The summed E-state index contributed by atoms with van der Waals surface area (Å²) < 4.78 is 37.5. The summed E-state index contributed by atoms with van der Waals surface area (Å²) in [6.45, 7) is 2.11. The number of ether oxygens (including phenoxy) is 2. The van der Waals surface area contributed by atoms with E-state index in [1.165, 1.54) is 12.1 Å². The first-order valence-electron chi connectivity index (χ1n) is 6.60. The topological polar surface area (TPSA) is 38.7 Å².